The highest BCUT2D eigenvalue weighted by Crippen LogP contribution is 2.38. The molecule has 0 fully saturated rings. The van der Waals surface area contributed by atoms with Crippen LogP contribution in [0.2, 0.25) is 0 Å². The SMILES string of the molecule is CCCCCCC/C=C\C/C=C\CCCCCCCCCCCCCCCCCCCCCC(=O)OC(COC(=O)CCCCCCCCCCCCC)COP(=O)([O-])OCC[N+](C)(C)C. The van der Waals surface area contributed by atoms with Crippen molar-refractivity contribution < 1.29 is 42.1 Å². The molecule has 0 N–H and O–H groups in total. The zero-order valence-corrected chi connectivity index (χ0v) is 45.1. The molecule has 2 unspecified atom stereocenters. The van der Waals surface area contributed by atoms with Gasteiger partial charge in [0.2, 0.25) is 0 Å². The zero-order chi connectivity index (χ0) is 48.5. The van der Waals surface area contributed by atoms with Gasteiger partial charge in [-0.25, -0.2) is 0 Å². The molecule has 390 valence electrons. The molecule has 0 aromatic heterocycles. The lowest BCUT2D eigenvalue weighted by Gasteiger charge is -2.28. The minimum Gasteiger partial charge on any atom is -0.756 e. The monoisotopic (exact) mass is 954 g/mol. The average molecular weight is 954 g/mol. The number of hydrogen-bond donors (Lipinski definition) is 0. The molecule has 0 aliphatic heterocycles. The number of rotatable bonds is 52. The van der Waals surface area contributed by atoms with Crippen molar-refractivity contribution in [2.24, 2.45) is 0 Å². The molecule has 0 rings (SSSR count). The van der Waals surface area contributed by atoms with Crippen LogP contribution in [0.25, 0.3) is 0 Å². The van der Waals surface area contributed by atoms with E-state index in [1.54, 1.807) is 0 Å². The number of hydrogen-bond acceptors (Lipinski definition) is 8. The molecule has 0 radical (unpaired) electrons. The number of esters is 2. The molecule has 0 aliphatic carbocycles. The summed E-state index contributed by atoms with van der Waals surface area (Å²) in [7, 11) is 1.18. The van der Waals surface area contributed by atoms with E-state index in [2.05, 4.69) is 38.2 Å². The first-order valence-electron chi connectivity index (χ1n) is 28.0. The Kier molecular flexibility index (Phi) is 47.4. The smallest absolute Gasteiger partial charge is 0.306 e. The summed E-state index contributed by atoms with van der Waals surface area (Å²) in [6.07, 6.45) is 56.7. The second-order valence-electron chi connectivity index (χ2n) is 20.3. The van der Waals surface area contributed by atoms with Crippen LogP contribution < -0.4 is 4.89 Å². The second-order valence-corrected chi connectivity index (χ2v) is 21.7. The Labute approximate surface area is 409 Å². The second kappa shape index (κ2) is 48.5. The molecular weight excluding hydrogens is 846 g/mol. The normalized spacial score (nSPS) is 13.5. The van der Waals surface area contributed by atoms with Gasteiger partial charge in [0.05, 0.1) is 27.7 Å². The predicted octanol–water partition coefficient (Wildman–Crippen LogP) is 16.4. The molecule has 0 saturated heterocycles. The lowest BCUT2D eigenvalue weighted by Crippen LogP contribution is -2.37. The van der Waals surface area contributed by atoms with Gasteiger partial charge in [0.15, 0.2) is 6.10 Å². The maximum atomic E-state index is 12.7. The summed E-state index contributed by atoms with van der Waals surface area (Å²) in [5.41, 5.74) is 0. The number of ether oxygens (including phenoxy) is 2. The number of carbonyl (C=O) groups excluding carboxylic acids is 2. The van der Waals surface area contributed by atoms with Gasteiger partial charge in [-0.05, 0) is 44.9 Å². The maximum Gasteiger partial charge on any atom is 0.306 e. The molecule has 0 spiro atoms. The Morgan fingerprint density at radius 1 is 0.470 bits per heavy atom. The number of unbranched alkanes of at least 4 members (excludes halogenated alkanes) is 34. The summed E-state index contributed by atoms with van der Waals surface area (Å²) in [5, 5.41) is 0. The summed E-state index contributed by atoms with van der Waals surface area (Å²) in [6.45, 7) is 4.25. The van der Waals surface area contributed by atoms with Gasteiger partial charge in [-0.1, -0.05) is 237 Å². The molecule has 0 aromatic carbocycles. The molecule has 9 nitrogen and oxygen atoms in total. The Morgan fingerprint density at radius 2 is 0.818 bits per heavy atom. The van der Waals surface area contributed by atoms with Crippen molar-refractivity contribution in [1.82, 2.24) is 0 Å². The summed E-state index contributed by atoms with van der Waals surface area (Å²) in [5.74, 6) is -0.821. The zero-order valence-electron chi connectivity index (χ0n) is 44.2. The fourth-order valence-corrected chi connectivity index (χ4v) is 8.83. The van der Waals surface area contributed by atoms with Crippen molar-refractivity contribution in [2.45, 2.75) is 277 Å². The largest absolute Gasteiger partial charge is 0.756 e. The molecule has 0 heterocycles. The van der Waals surface area contributed by atoms with E-state index in [0.717, 1.165) is 38.5 Å². The van der Waals surface area contributed by atoms with Crippen LogP contribution in [-0.4, -0.2) is 70.0 Å². The van der Waals surface area contributed by atoms with Crippen molar-refractivity contribution in [3.8, 4) is 0 Å². The van der Waals surface area contributed by atoms with Crippen LogP contribution in [0.4, 0.5) is 0 Å². The average Bonchev–Trinajstić information content (AvgIpc) is 3.27. The van der Waals surface area contributed by atoms with E-state index in [4.69, 9.17) is 18.5 Å². The van der Waals surface area contributed by atoms with Crippen molar-refractivity contribution in [3.05, 3.63) is 24.3 Å². The highest BCUT2D eigenvalue weighted by Gasteiger charge is 2.22. The first kappa shape index (κ1) is 64.5. The van der Waals surface area contributed by atoms with E-state index in [-0.39, 0.29) is 32.0 Å². The first-order chi connectivity index (χ1) is 32.0. The molecule has 0 aromatic rings. The van der Waals surface area contributed by atoms with Crippen molar-refractivity contribution in [3.63, 3.8) is 0 Å². The van der Waals surface area contributed by atoms with Crippen molar-refractivity contribution in [2.75, 3.05) is 47.5 Å². The van der Waals surface area contributed by atoms with E-state index in [1.165, 1.54) is 199 Å². The topological polar surface area (TPSA) is 111 Å². The minimum atomic E-state index is -4.62. The molecule has 0 aliphatic rings. The van der Waals surface area contributed by atoms with Gasteiger partial charge >= 0.3 is 11.9 Å². The first-order valence-corrected chi connectivity index (χ1v) is 29.5. The molecule has 2 atom stereocenters. The lowest BCUT2D eigenvalue weighted by molar-refractivity contribution is -0.870. The number of carbonyl (C=O) groups is 2. The fourth-order valence-electron chi connectivity index (χ4n) is 8.10. The molecule has 66 heavy (non-hydrogen) atoms. The summed E-state index contributed by atoms with van der Waals surface area (Å²) < 4.78 is 34.0. The van der Waals surface area contributed by atoms with E-state index in [1.807, 2.05) is 21.1 Å². The molecular formula is C56H108NO8P. The molecule has 0 amide bonds. The number of quaternary nitrogens is 1. The van der Waals surface area contributed by atoms with E-state index in [0.29, 0.717) is 17.4 Å². The van der Waals surface area contributed by atoms with E-state index < -0.39 is 26.5 Å². The number of nitrogens with zero attached hydrogens (tertiary/aromatic N) is 1. The number of phosphoric acid groups is 1. The van der Waals surface area contributed by atoms with Crippen LogP contribution in [-0.2, 0) is 32.7 Å². The van der Waals surface area contributed by atoms with Crippen molar-refractivity contribution in [1.29, 1.82) is 0 Å². The van der Waals surface area contributed by atoms with Gasteiger partial charge < -0.3 is 27.9 Å². The standard InChI is InChI=1S/C56H108NO8P/c1-6-8-10-12-14-16-18-19-20-21-22-23-24-25-26-27-28-29-30-31-32-33-34-35-36-37-39-41-43-45-47-49-56(59)65-54(53-64-66(60,61)63-51-50-57(3,4)5)52-62-55(58)48-46-44-42-40-38-17-15-13-11-9-7-2/h18-19,21-22,54H,6-17,20,23-53H2,1-5H3/b19-18-,22-21-. The van der Waals surface area contributed by atoms with Gasteiger partial charge in [-0.15, -0.1) is 0 Å². The summed E-state index contributed by atoms with van der Waals surface area (Å²) >= 11 is 0. The van der Waals surface area contributed by atoms with Crippen molar-refractivity contribution >= 4 is 19.8 Å². The minimum absolute atomic E-state index is 0.0274. The lowest BCUT2D eigenvalue weighted by atomic mass is 10.0. The van der Waals surface area contributed by atoms with Gasteiger partial charge in [0.25, 0.3) is 7.82 Å². The third-order valence-electron chi connectivity index (χ3n) is 12.5. The molecule has 10 heteroatoms. The Bertz CT molecular complexity index is 1170. The number of allylic oxidation sites excluding steroid dienone is 4. The van der Waals surface area contributed by atoms with Gasteiger partial charge in [-0.2, -0.15) is 0 Å². The van der Waals surface area contributed by atoms with Crippen LogP contribution in [0.1, 0.15) is 271 Å². The third-order valence-corrected chi connectivity index (χ3v) is 13.4. The maximum absolute atomic E-state index is 12.7. The van der Waals surface area contributed by atoms with Gasteiger partial charge in [-0.3, -0.25) is 14.2 Å². The van der Waals surface area contributed by atoms with E-state index >= 15 is 0 Å². The Hall–Kier alpha value is -1.51. The number of phosphoric ester groups is 1. The third kappa shape index (κ3) is 51.9. The van der Waals surface area contributed by atoms with Crippen LogP contribution in [0.5, 0.6) is 0 Å². The molecule has 0 bridgehead atoms. The Balaban J connectivity index is 3.99. The van der Waals surface area contributed by atoms with Crippen LogP contribution in [0.3, 0.4) is 0 Å². The summed E-state index contributed by atoms with van der Waals surface area (Å²) in [6, 6.07) is 0. The molecule has 0 saturated carbocycles. The highest BCUT2D eigenvalue weighted by molar-refractivity contribution is 7.45. The van der Waals surface area contributed by atoms with Crippen LogP contribution >= 0.6 is 7.82 Å². The van der Waals surface area contributed by atoms with Gasteiger partial charge in [0.1, 0.15) is 19.8 Å². The van der Waals surface area contributed by atoms with E-state index in [9.17, 15) is 19.0 Å². The van der Waals surface area contributed by atoms with Crippen LogP contribution in [0, 0.1) is 0 Å². The fraction of sp³-hybridized carbons (Fsp3) is 0.893. The Morgan fingerprint density at radius 3 is 1.20 bits per heavy atom. The summed E-state index contributed by atoms with van der Waals surface area (Å²) in [4.78, 5) is 37.7. The highest BCUT2D eigenvalue weighted by atomic mass is 31.2. The number of likely N-dealkylation sites (N-methyl/N-ethyl adjacent to an activating group) is 1. The predicted molar refractivity (Wildman–Crippen MR) is 278 cm³/mol. The quantitative estimate of drug-likeness (QED) is 0.0195. The van der Waals surface area contributed by atoms with Gasteiger partial charge in [0, 0.05) is 12.8 Å². The van der Waals surface area contributed by atoms with Crippen LogP contribution in [0.15, 0.2) is 24.3 Å².